The van der Waals surface area contributed by atoms with Gasteiger partial charge in [0.1, 0.15) is 24.3 Å². The summed E-state index contributed by atoms with van der Waals surface area (Å²) in [5.74, 6) is 2.77. The van der Waals surface area contributed by atoms with Crippen molar-refractivity contribution in [2.24, 2.45) is 0 Å². The number of aryl methyl sites for hydroxylation is 1. The van der Waals surface area contributed by atoms with Gasteiger partial charge < -0.3 is 9.47 Å². The summed E-state index contributed by atoms with van der Waals surface area (Å²) in [6.45, 7) is 4.06. The Bertz CT molecular complexity index is 625. The number of hydrogen-bond donors (Lipinski definition) is 0. The third kappa shape index (κ3) is 2.50. The van der Waals surface area contributed by atoms with Gasteiger partial charge in [-0.25, -0.2) is 9.97 Å². The van der Waals surface area contributed by atoms with Crippen LogP contribution in [0.1, 0.15) is 49.2 Å². The maximum atomic E-state index is 4.39. The fourth-order valence-corrected chi connectivity index (χ4v) is 3.16. The Morgan fingerprint density at radius 3 is 2.62 bits per heavy atom. The van der Waals surface area contributed by atoms with Crippen LogP contribution in [0.4, 0.5) is 5.82 Å². The maximum absolute atomic E-state index is 4.39. The molecule has 1 aliphatic heterocycles. The molecule has 1 saturated heterocycles. The largest absolute Gasteiger partial charge is 0.356 e. The van der Waals surface area contributed by atoms with Crippen molar-refractivity contribution in [2.45, 2.75) is 44.6 Å². The summed E-state index contributed by atoms with van der Waals surface area (Å²) in [5, 5.41) is 8.51. The van der Waals surface area contributed by atoms with E-state index in [1.807, 2.05) is 13.3 Å². The number of anilines is 1. The van der Waals surface area contributed by atoms with Crippen LogP contribution >= 0.6 is 0 Å². The lowest BCUT2D eigenvalue weighted by atomic mass is 9.96. The lowest BCUT2D eigenvalue weighted by Gasteiger charge is -2.32. The summed E-state index contributed by atoms with van der Waals surface area (Å²) in [4.78, 5) is 10.9. The molecule has 1 saturated carbocycles. The molecule has 0 amide bonds. The molecule has 2 aliphatic rings. The van der Waals surface area contributed by atoms with Gasteiger partial charge in [0.15, 0.2) is 0 Å². The van der Waals surface area contributed by atoms with Gasteiger partial charge in [0, 0.05) is 36.8 Å². The Morgan fingerprint density at radius 2 is 1.90 bits per heavy atom. The highest BCUT2D eigenvalue weighted by atomic mass is 15.3. The van der Waals surface area contributed by atoms with Crippen molar-refractivity contribution < 1.29 is 0 Å². The Hall–Kier alpha value is -1.98. The van der Waals surface area contributed by atoms with Crippen LogP contribution in [-0.2, 0) is 0 Å². The minimum atomic E-state index is 0.535. The predicted octanol–water partition coefficient (Wildman–Crippen LogP) is 2.10. The zero-order valence-corrected chi connectivity index (χ0v) is 12.3. The molecular weight excluding hydrogens is 264 g/mol. The average molecular weight is 284 g/mol. The van der Waals surface area contributed by atoms with Gasteiger partial charge in [0.2, 0.25) is 0 Å². The molecule has 6 heteroatoms. The molecule has 2 aromatic rings. The maximum Gasteiger partial charge on any atom is 0.136 e. The average Bonchev–Trinajstić information content (AvgIpc) is 3.25. The number of nitrogens with zero attached hydrogens (tertiary/aromatic N) is 6. The van der Waals surface area contributed by atoms with Crippen LogP contribution in [0.3, 0.4) is 0 Å². The summed E-state index contributed by atoms with van der Waals surface area (Å²) < 4.78 is 2.30. The van der Waals surface area contributed by atoms with Gasteiger partial charge in [-0.05, 0) is 32.6 Å². The second-order valence-corrected chi connectivity index (χ2v) is 6.11. The number of hydrogen-bond acceptors (Lipinski definition) is 5. The van der Waals surface area contributed by atoms with Crippen LogP contribution in [-0.4, -0.2) is 37.8 Å². The molecule has 0 atom stereocenters. The van der Waals surface area contributed by atoms with E-state index in [0.29, 0.717) is 12.0 Å². The van der Waals surface area contributed by atoms with E-state index in [4.69, 9.17) is 0 Å². The zero-order valence-electron chi connectivity index (χ0n) is 12.3. The van der Waals surface area contributed by atoms with Crippen molar-refractivity contribution in [1.82, 2.24) is 24.7 Å². The van der Waals surface area contributed by atoms with Crippen molar-refractivity contribution in [3.05, 3.63) is 30.2 Å². The van der Waals surface area contributed by atoms with Crippen molar-refractivity contribution in [3.8, 4) is 0 Å². The summed E-state index contributed by atoms with van der Waals surface area (Å²) in [6, 6.07) is 2.73. The fraction of sp³-hybridized carbons (Fsp3) is 0.600. The first-order chi connectivity index (χ1) is 10.3. The summed E-state index contributed by atoms with van der Waals surface area (Å²) >= 11 is 0. The first kappa shape index (κ1) is 12.7. The summed E-state index contributed by atoms with van der Waals surface area (Å²) in [7, 11) is 0. The molecule has 2 fully saturated rings. The fourth-order valence-electron chi connectivity index (χ4n) is 3.16. The summed E-state index contributed by atoms with van der Waals surface area (Å²) in [6.07, 6.45) is 8.37. The van der Waals surface area contributed by atoms with Crippen LogP contribution in [0.15, 0.2) is 18.7 Å². The van der Waals surface area contributed by atoms with Crippen molar-refractivity contribution in [3.63, 3.8) is 0 Å². The van der Waals surface area contributed by atoms with Crippen molar-refractivity contribution in [1.29, 1.82) is 0 Å². The smallest absolute Gasteiger partial charge is 0.136 e. The highest BCUT2D eigenvalue weighted by Crippen LogP contribution is 2.38. The standard InChI is InChI=1S/C15H20N6/c1-11-8-14(17-9-16-11)20-6-4-12(5-7-20)15-19-18-10-21(15)13-2-3-13/h8-10,12-13H,2-7H2,1H3. The zero-order chi connectivity index (χ0) is 14.2. The molecule has 6 nitrogen and oxygen atoms in total. The van der Waals surface area contributed by atoms with E-state index < -0.39 is 0 Å². The van der Waals surface area contributed by atoms with Gasteiger partial charge >= 0.3 is 0 Å². The first-order valence-electron chi connectivity index (χ1n) is 7.74. The van der Waals surface area contributed by atoms with E-state index in [9.17, 15) is 0 Å². The molecule has 0 spiro atoms. The summed E-state index contributed by atoms with van der Waals surface area (Å²) in [5.41, 5.74) is 1.02. The molecule has 4 rings (SSSR count). The molecule has 0 aromatic carbocycles. The quantitative estimate of drug-likeness (QED) is 0.863. The molecule has 110 valence electrons. The third-order valence-electron chi connectivity index (χ3n) is 4.51. The highest BCUT2D eigenvalue weighted by molar-refractivity contribution is 5.39. The SMILES string of the molecule is Cc1cc(N2CCC(c3nncn3C3CC3)CC2)ncn1. The molecule has 0 radical (unpaired) electrons. The van der Waals surface area contributed by atoms with Gasteiger partial charge in [-0.15, -0.1) is 10.2 Å². The Kier molecular flexibility index (Phi) is 3.09. The first-order valence-corrected chi connectivity index (χ1v) is 7.74. The van der Waals surface area contributed by atoms with E-state index in [-0.39, 0.29) is 0 Å². The van der Waals surface area contributed by atoms with E-state index in [1.54, 1.807) is 6.33 Å². The Morgan fingerprint density at radius 1 is 1.10 bits per heavy atom. The Balaban J connectivity index is 1.45. The van der Waals surface area contributed by atoms with Gasteiger partial charge in [-0.2, -0.15) is 0 Å². The second-order valence-electron chi connectivity index (χ2n) is 6.11. The van der Waals surface area contributed by atoms with Crippen LogP contribution in [0.25, 0.3) is 0 Å². The van der Waals surface area contributed by atoms with E-state index in [1.165, 1.54) is 18.7 Å². The normalized spacial score (nSPS) is 20.0. The molecule has 3 heterocycles. The number of aromatic nitrogens is 5. The van der Waals surface area contributed by atoms with E-state index in [0.717, 1.165) is 37.4 Å². The predicted molar refractivity (Wildman–Crippen MR) is 79.3 cm³/mol. The topological polar surface area (TPSA) is 59.7 Å². The van der Waals surface area contributed by atoms with Crippen LogP contribution < -0.4 is 4.90 Å². The lowest BCUT2D eigenvalue weighted by Crippen LogP contribution is -2.34. The van der Waals surface area contributed by atoms with Crippen molar-refractivity contribution in [2.75, 3.05) is 18.0 Å². The number of piperidine rings is 1. The number of rotatable bonds is 3. The van der Waals surface area contributed by atoms with Gasteiger partial charge in [0.25, 0.3) is 0 Å². The molecule has 0 bridgehead atoms. The molecular formula is C15H20N6. The van der Waals surface area contributed by atoms with Gasteiger partial charge in [-0.1, -0.05) is 0 Å². The molecule has 1 aliphatic carbocycles. The monoisotopic (exact) mass is 284 g/mol. The van der Waals surface area contributed by atoms with Crippen molar-refractivity contribution >= 4 is 5.82 Å². The highest BCUT2D eigenvalue weighted by Gasteiger charge is 2.31. The molecule has 0 unspecified atom stereocenters. The van der Waals surface area contributed by atoms with Crippen LogP contribution in [0, 0.1) is 6.92 Å². The van der Waals surface area contributed by atoms with Crippen LogP contribution in [0.5, 0.6) is 0 Å². The third-order valence-corrected chi connectivity index (χ3v) is 4.51. The minimum absolute atomic E-state index is 0.535. The molecule has 0 N–H and O–H groups in total. The van der Waals surface area contributed by atoms with Crippen LogP contribution in [0.2, 0.25) is 0 Å². The molecule has 21 heavy (non-hydrogen) atoms. The van der Waals surface area contributed by atoms with E-state index >= 15 is 0 Å². The minimum Gasteiger partial charge on any atom is -0.356 e. The second kappa shape index (κ2) is 5.09. The molecule has 2 aromatic heterocycles. The van der Waals surface area contributed by atoms with Gasteiger partial charge in [-0.3, -0.25) is 0 Å². The van der Waals surface area contributed by atoms with Gasteiger partial charge in [0.05, 0.1) is 0 Å². The lowest BCUT2D eigenvalue weighted by molar-refractivity contribution is 0.463. The van der Waals surface area contributed by atoms with E-state index in [2.05, 4.69) is 35.7 Å². The Labute approximate surface area is 124 Å².